The Labute approximate surface area is 178 Å². The van der Waals surface area contributed by atoms with E-state index in [2.05, 4.69) is 23.2 Å². The number of hydrogen-bond donors (Lipinski definition) is 0. The SMILES string of the molecule is COc1ccccc1-n1cnnc1SCC(=O)N1CC[C@H](C)Sc2ccccc21. The third-order valence-corrected chi connectivity index (χ3v) is 6.90. The van der Waals surface area contributed by atoms with E-state index in [-0.39, 0.29) is 5.91 Å². The van der Waals surface area contributed by atoms with Crippen LogP contribution >= 0.6 is 23.5 Å². The van der Waals surface area contributed by atoms with Gasteiger partial charge in [0.15, 0.2) is 5.16 Å². The zero-order chi connectivity index (χ0) is 20.2. The van der Waals surface area contributed by atoms with Gasteiger partial charge in [0.05, 0.1) is 24.2 Å². The van der Waals surface area contributed by atoms with Gasteiger partial charge in [-0.15, -0.1) is 22.0 Å². The van der Waals surface area contributed by atoms with E-state index in [0.29, 0.717) is 16.2 Å². The third kappa shape index (κ3) is 4.28. The summed E-state index contributed by atoms with van der Waals surface area (Å²) in [5.41, 5.74) is 1.85. The molecule has 29 heavy (non-hydrogen) atoms. The Morgan fingerprint density at radius 3 is 2.79 bits per heavy atom. The molecule has 1 atom stereocenters. The largest absolute Gasteiger partial charge is 0.495 e. The summed E-state index contributed by atoms with van der Waals surface area (Å²) in [4.78, 5) is 16.2. The van der Waals surface area contributed by atoms with Crippen molar-refractivity contribution in [2.45, 2.75) is 28.6 Å². The molecule has 3 aromatic rings. The molecule has 4 rings (SSSR count). The first kappa shape index (κ1) is 19.8. The van der Waals surface area contributed by atoms with Gasteiger partial charge in [0.2, 0.25) is 5.91 Å². The molecule has 6 nitrogen and oxygen atoms in total. The number of carbonyl (C=O) groups excluding carboxylic acids is 1. The molecule has 1 aliphatic rings. The van der Waals surface area contributed by atoms with Crippen molar-refractivity contribution >= 4 is 35.1 Å². The second kappa shape index (κ2) is 8.92. The lowest BCUT2D eigenvalue weighted by Crippen LogP contribution is -2.33. The maximum atomic E-state index is 13.1. The predicted molar refractivity (Wildman–Crippen MR) is 117 cm³/mol. The van der Waals surface area contributed by atoms with Gasteiger partial charge in [-0.3, -0.25) is 9.36 Å². The normalized spacial score (nSPS) is 16.2. The second-order valence-corrected chi connectivity index (χ2v) is 9.10. The molecule has 0 bridgehead atoms. The molecule has 0 radical (unpaired) electrons. The molecule has 0 spiro atoms. The van der Waals surface area contributed by atoms with Crippen molar-refractivity contribution in [3.8, 4) is 11.4 Å². The highest BCUT2D eigenvalue weighted by Crippen LogP contribution is 2.37. The van der Waals surface area contributed by atoms with Crippen molar-refractivity contribution in [3.63, 3.8) is 0 Å². The van der Waals surface area contributed by atoms with Crippen LogP contribution in [0.2, 0.25) is 0 Å². The molecular formula is C21H22N4O2S2. The van der Waals surface area contributed by atoms with E-state index in [1.54, 1.807) is 13.4 Å². The fourth-order valence-corrected chi connectivity index (χ4v) is 5.18. The lowest BCUT2D eigenvalue weighted by molar-refractivity contribution is -0.116. The molecule has 150 valence electrons. The number of carbonyl (C=O) groups is 1. The van der Waals surface area contributed by atoms with Gasteiger partial charge in [-0.2, -0.15) is 0 Å². The smallest absolute Gasteiger partial charge is 0.237 e. The number of ether oxygens (including phenoxy) is 1. The second-order valence-electron chi connectivity index (χ2n) is 6.67. The molecule has 0 unspecified atom stereocenters. The van der Waals surface area contributed by atoms with Crippen molar-refractivity contribution in [2.75, 3.05) is 24.3 Å². The number of hydrogen-bond acceptors (Lipinski definition) is 6. The molecule has 1 amide bonds. The summed E-state index contributed by atoms with van der Waals surface area (Å²) in [7, 11) is 1.63. The highest BCUT2D eigenvalue weighted by atomic mass is 32.2. The Balaban J connectivity index is 1.52. The number of aromatic nitrogens is 3. The van der Waals surface area contributed by atoms with Gasteiger partial charge in [0, 0.05) is 16.7 Å². The monoisotopic (exact) mass is 426 g/mol. The van der Waals surface area contributed by atoms with Gasteiger partial charge in [-0.1, -0.05) is 43.0 Å². The number of amides is 1. The van der Waals surface area contributed by atoms with Crippen LogP contribution in [-0.4, -0.2) is 45.3 Å². The Morgan fingerprint density at radius 1 is 1.21 bits per heavy atom. The van der Waals surface area contributed by atoms with Gasteiger partial charge >= 0.3 is 0 Å². The highest BCUT2D eigenvalue weighted by molar-refractivity contribution is 8.00. The topological polar surface area (TPSA) is 60.2 Å². The molecule has 0 N–H and O–H groups in total. The van der Waals surface area contributed by atoms with E-state index in [1.807, 2.05) is 63.7 Å². The van der Waals surface area contributed by atoms with Crippen LogP contribution in [0.25, 0.3) is 5.69 Å². The summed E-state index contributed by atoms with van der Waals surface area (Å²) in [6.07, 6.45) is 2.61. The van der Waals surface area contributed by atoms with Gasteiger partial charge in [0.25, 0.3) is 0 Å². The maximum Gasteiger partial charge on any atom is 0.237 e. The number of nitrogens with zero attached hydrogens (tertiary/aromatic N) is 4. The lowest BCUT2D eigenvalue weighted by Gasteiger charge is -2.22. The Kier molecular flexibility index (Phi) is 6.10. The Hall–Kier alpha value is -2.45. The number of methoxy groups -OCH3 is 1. The predicted octanol–water partition coefficient (Wildman–Crippen LogP) is 4.29. The zero-order valence-corrected chi connectivity index (χ0v) is 17.9. The van der Waals surface area contributed by atoms with Crippen LogP contribution in [-0.2, 0) is 4.79 Å². The van der Waals surface area contributed by atoms with E-state index in [0.717, 1.165) is 35.0 Å². The molecule has 0 fully saturated rings. The van der Waals surface area contributed by atoms with E-state index >= 15 is 0 Å². The van der Waals surface area contributed by atoms with Gasteiger partial charge in [-0.25, -0.2) is 0 Å². The fourth-order valence-electron chi connectivity index (χ4n) is 3.27. The van der Waals surface area contributed by atoms with E-state index in [4.69, 9.17) is 4.74 Å². The summed E-state index contributed by atoms with van der Waals surface area (Å²) >= 11 is 3.22. The Bertz CT molecular complexity index is 1010. The summed E-state index contributed by atoms with van der Waals surface area (Å²) in [5.74, 6) is 1.10. The van der Waals surface area contributed by atoms with E-state index in [1.165, 1.54) is 11.8 Å². The number of thioether (sulfide) groups is 2. The summed E-state index contributed by atoms with van der Waals surface area (Å²) in [6, 6.07) is 15.8. The van der Waals surface area contributed by atoms with Crippen molar-refractivity contribution in [1.82, 2.24) is 14.8 Å². The molecule has 1 aromatic heterocycles. The quantitative estimate of drug-likeness (QED) is 0.568. The number of benzene rings is 2. The van der Waals surface area contributed by atoms with E-state index in [9.17, 15) is 4.79 Å². The molecule has 0 saturated heterocycles. The van der Waals surface area contributed by atoms with Crippen LogP contribution in [0.1, 0.15) is 13.3 Å². The zero-order valence-electron chi connectivity index (χ0n) is 16.3. The van der Waals surface area contributed by atoms with Gasteiger partial charge in [0.1, 0.15) is 12.1 Å². The molecular weight excluding hydrogens is 404 g/mol. The first-order valence-corrected chi connectivity index (χ1v) is 11.3. The molecule has 0 saturated carbocycles. The fraction of sp³-hybridized carbons (Fsp3) is 0.286. The lowest BCUT2D eigenvalue weighted by atomic mass is 10.2. The minimum Gasteiger partial charge on any atom is -0.495 e. The van der Waals surface area contributed by atoms with Crippen molar-refractivity contribution in [2.24, 2.45) is 0 Å². The Morgan fingerprint density at radius 2 is 1.97 bits per heavy atom. The van der Waals surface area contributed by atoms with Gasteiger partial charge < -0.3 is 9.64 Å². The maximum absolute atomic E-state index is 13.1. The average Bonchev–Trinajstić information content (AvgIpc) is 3.14. The third-order valence-electron chi connectivity index (χ3n) is 4.73. The number of para-hydroxylation sites is 3. The van der Waals surface area contributed by atoms with Crippen LogP contribution in [0.4, 0.5) is 5.69 Å². The first-order chi connectivity index (χ1) is 14.2. The van der Waals surface area contributed by atoms with Gasteiger partial charge in [-0.05, 0) is 30.7 Å². The molecule has 2 heterocycles. The van der Waals surface area contributed by atoms with E-state index < -0.39 is 0 Å². The van der Waals surface area contributed by atoms with Crippen LogP contribution in [0.3, 0.4) is 0 Å². The number of fused-ring (bicyclic) bond motifs is 1. The minimum absolute atomic E-state index is 0.0757. The summed E-state index contributed by atoms with van der Waals surface area (Å²) in [5, 5.41) is 9.38. The van der Waals surface area contributed by atoms with Crippen LogP contribution in [0, 0.1) is 0 Å². The standard InChI is InChI=1S/C21H22N4O2S2/c1-15-11-12-24(17-8-4-6-10-19(17)29-15)20(26)13-28-21-23-22-14-25(21)16-7-3-5-9-18(16)27-2/h3-10,14-15H,11-13H2,1-2H3/t15-/m0/s1. The highest BCUT2D eigenvalue weighted by Gasteiger charge is 2.24. The van der Waals surface area contributed by atoms with Crippen LogP contribution < -0.4 is 9.64 Å². The van der Waals surface area contributed by atoms with Crippen LogP contribution in [0.15, 0.2) is 64.9 Å². The number of rotatable bonds is 5. The van der Waals surface area contributed by atoms with Crippen LogP contribution in [0.5, 0.6) is 5.75 Å². The van der Waals surface area contributed by atoms with Crippen molar-refractivity contribution in [3.05, 3.63) is 54.9 Å². The molecule has 8 heteroatoms. The minimum atomic E-state index is 0.0757. The molecule has 2 aromatic carbocycles. The summed E-state index contributed by atoms with van der Waals surface area (Å²) in [6.45, 7) is 2.93. The molecule has 0 aliphatic carbocycles. The number of anilines is 1. The molecule has 1 aliphatic heterocycles. The first-order valence-electron chi connectivity index (χ1n) is 9.39. The van der Waals surface area contributed by atoms with Crippen molar-refractivity contribution in [1.29, 1.82) is 0 Å². The average molecular weight is 427 g/mol. The van der Waals surface area contributed by atoms with Crippen molar-refractivity contribution < 1.29 is 9.53 Å². The summed E-state index contributed by atoms with van der Waals surface area (Å²) < 4.78 is 7.30.